The van der Waals surface area contributed by atoms with Crippen LogP contribution in [0.2, 0.25) is 0 Å². The molecule has 0 aromatic heterocycles. The Morgan fingerprint density at radius 1 is 1.06 bits per heavy atom. The van der Waals surface area contributed by atoms with E-state index in [4.69, 9.17) is 14.6 Å². The van der Waals surface area contributed by atoms with Gasteiger partial charge in [0.05, 0.1) is 14.2 Å². The third-order valence-corrected chi connectivity index (χ3v) is 2.67. The minimum absolute atomic E-state index is 0.195. The smallest absolute Gasteiger partial charge is 0.122 e. The first-order chi connectivity index (χ1) is 7.76. The Kier molecular flexibility index (Phi) is 5.12. The van der Waals surface area contributed by atoms with Crippen molar-refractivity contribution >= 4 is 0 Å². The molecule has 90 valence electrons. The molecule has 0 saturated carbocycles. The molecular weight excluding hydrogens is 204 g/mol. The number of aliphatic hydroxyl groups is 1. The highest BCUT2D eigenvalue weighted by atomic mass is 16.5. The van der Waals surface area contributed by atoms with Crippen LogP contribution >= 0.6 is 0 Å². The van der Waals surface area contributed by atoms with E-state index >= 15 is 0 Å². The highest BCUT2D eigenvalue weighted by Crippen LogP contribution is 2.29. The van der Waals surface area contributed by atoms with E-state index in [-0.39, 0.29) is 6.61 Å². The molecule has 0 spiro atoms. The van der Waals surface area contributed by atoms with Gasteiger partial charge in [-0.05, 0) is 42.5 Å². The van der Waals surface area contributed by atoms with Gasteiger partial charge in [0.1, 0.15) is 11.5 Å². The number of aliphatic hydroxyl groups excluding tert-OH is 1. The van der Waals surface area contributed by atoms with Crippen LogP contribution < -0.4 is 9.47 Å². The maximum Gasteiger partial charge on any atom is 0.122 e. The second-order valence-corrected chi connectivity index (χ2v) is 3.66. The number of hydrogen-bond acceptors (Lipinski definition) is 3. The standard InChI is InChI=1S/C13H20O3/c1-4-10-8-13(16-3)11(6-5-7-14)9-12(10)15-2/h8-9,14H,4-7H2,1-3H3. The van der Waals surface area contributed by atoms with E-state index < -0.39 is 0 Å². The number of hydrogen-bond donors (Lipinski definition) is 1. The summed E-state index contributed by atoms with van der Waals surface area (Å²) < 4.78 is 10.7. The molecule has 3 heteroatoms. The highest BCUT2D eigenvalue weighted by molar-refractivity contribution is 5.46. The summed E-state index contributed by atoms with van der Waals surface area (Å²) in [5.74, 6) is 1.78. The Hall–Kier alpha value is -1.22. The summed E-state index contributed by atoms with van der Waals surface area (Å²) in [4.78, 5) is 0. The van der Waals surface area contributed by atoms with Crippen LogP contribution in [-0.4, -0.2) is 25.9 Å². The second-order valence-electron chi connectivity index (χ2n) is 3.66. The summed E-state index contributed by atoms with van der Waals surface area (Å²) in [6.45, 7) is 2.28. The monoisotopic (exact) mass is 224 g/mol. The molecule has 0 fully saturated rings. The summed E-state index contributed by atoms with van der Waals surface area (Å²) in [5.41, 5.74) is 2.23. The number of ether oxygens (including phenoxy) is 2. The van der Waals surface area contributed by atoms with Gasteiger partial charge in [0.25, 0.3) is 0 Å². The van der Waals surface area contributed by atoms with Gasteiger partial charge in [-0.25, -0.2) is 0 Å². The van der Waals surface area contributed by atoms with Crippen molar-refractivity contribution in [1.82, 2.24) is 0 Å². The van der Waals surface area contributed by atoms with Crippen molar-refractivity contribution < 1.29 is 14.6 Å². The summed E-state index contributed by atoms with van der Waals surface area (Å²) in [5, 5.41) is 8.85. The molecule has 0 amide bonds. The van der Waals surface area contributed by atoms with Crippen molar-refractivity contribution in [2.45, 2.75) is 26.2 Å². The lowest BCUT2D eigenvalue weighted by Gasteiger charge is -2.13. The lowest BCUT2D eigenvalue weighted by molar-refractivity contribution is 0.287. The quantitative estimate of drug-likeness (QED) is 0.805. The summed E-state index contributed by atoms with van der Waals surface area (Å²) in [6.07, 6.45) is 2.46. The SMILES string of the molecule is CCc1cc(OC)c(CCCO)cc1OC. The van der Waals surface area contributed by atoms with Crippen molar-refractivity contribution in [1.29, 1.82) is 0 Å². The van der Waals surface area contributed by atoms with Crippen LogP contribution in [0.4, 0.5) is 0 Å². The van der Waals surface area contributed by atoms with Gasteiger partial charge in [0.15, 0.2) is 0 Å². The fraction of sp³-hybridized carbons (Fsp3) is 0.538. The molecule has 0 atom stereocenters. The topological polar surface area (TPSA) is 38.7 Å². The van der Waals surface area contributed by atoms with E-state index in [2.05, 4.69) is 6.92 Å². The van der Waals surface area contributed by atoms with Crippen molar-refractivity contribution in [3.8, 4) is 11.5 Å². The van der Waals surface area contributed by atoms with E-state index in [1.807, 2.05) is 12.1 Å². The van der Waals surface area contributed by atoms with Gasteiger partial charge in [-0.1, -0.05) is 6.92 Å². The largest absolute Gasteiger partial charge is 0.496 e. The zero-order chi connectivity index (χ0) is 12.0. The van der Waals surface area contributed by atoms with Crippen LogP contribution in [0, 0.1) is 0 Å². The zero-order valence-corrected chi connectivity index (χ0v) is 10.2. The molecule has 0 bridgehead atoms. The van der Waals surface area contributed by atoms with Crippen LogP contribution in [0.25, 0.3) is 0 Å². The Morgan fingerprint density at radius 2 is 1.62 bits per heavy atom. The molecule has 0 heterocycles. The van der Waals surface area contributed by atoms with Gasteiger partial charge in [0, 0.05) is 6.61 Å². The number of benzene rings is 1. The van der Waals surface area contributed by atoms with Crippen molar-refractivity contribution in [3.63, 3.8) is 0 Å². The first kappa shape index (κ1) is 12.8. The summed E-state index contributed by atoms with van der Waals surface area (Å²) in [6, 6.07) is 4.03. The van der Waals surface area contributed by atoms with Gasteiger partial charge in [0.2, 0.25) is 0 Å². The average Bonchev–Trinajstić information content (AvgIpc) is 2.35. The van der Waals surface area contributed by atoms with E-state index in [1.54, 1.807) is 14.2 Å². The normalized spacial score (nSPS) is 10.2. The number of methoxy groups -OCH3 is 2. The maximum absolute atomic E-state index is 8.85. The minimum Gasteiger partial charge on any atom is -0.496 e. The van der Waals surface area contributed by atoms with Gasteiger partial charge in [-0.2, -0.15) is 0 Å². The molecule has 1 aromatic rings. The van der Waals surface area contributed by atoms with Crippen LogP contribution in [0.1, 0.15) is 24.5 Å². The molecular formula is C13H20O3. The third-order valence-electron chi connectivity index (χ3n) is 2.67. The lowest BCUT2D eigenvalue weighted by Crippen LogP contribution is -1.99. The van der Waals surface area contributed by atoms with Gasteiger partial charge in [-0.3, -0.25) is 0 Å². The minimum atomic E-state index is 0.195. The molecule has 0 aliphatic heterocycles. The van der Waals surface area contributed by atoms with Crippen LogP contribution in [-0.2, 0) is 12.8 Å². The fourth-order valence-corrected chi connectivity index (χ4v) is 1.77. The molecule has 0 aliphatic carbocycles. The fourth-order valence-electron chi connectivity index (χ4n) is 1.77. The molecule has 1 aromatic carbocycles. The van der Waals surface area contributed by atoms with E-state index in [9.17, 15) is 0 Å². The van der Waals surface area contributed by atoms with Gasteiger partial charge >= 0.3 is 0 Å². The van der Waals surface area contributed by atoms with Gasteiger partial charge in [-0.15, -0.1) is 0 Å². The Bertz CT molecular complexity index is 334. The van der Waals surface area contributed by atoms with Gasteiger partial charge < -0.3 is 14.6 Å². The third kappa shape index (κ3) is 2.89. The van der Waals surface area contributed by atoms with Crippen molar-refractivity contribution in [2.24, 2.45) is 0 Å². The van der Waals surface area contributed by atoms with E-state index in [0.717, 1.165) is 41.9 Å². The molecule has 0 saturated heterocycles. The molecule has 0 radical (unpaired) electrons. The highest BCUT2D eigenvalue weighted by Gasteiger charge is 2.09. The predicted molar refractivity (Wildman–Crippen MR) is 64.3 cm³/mol. The Morgan fingerprint density at radius 3 is 2.12 bits per heavy atom. The van der Waals surface area contributed by atoms with Crippen LogP contribution in [0.15, 0.2) is 12.1 Å². The second kappa shape index (κ2) is 6.38. The Labute approximate surface area is 97.0 Å². The zero-order valence-electron chi connectivity index (χ0n) is 10.2. The average molecular weight is 224 g/mol. The predicted octanol–water partition coefficient (Wildman–Crippen LogP) is 2.19. The molecule has 16 heavy (non-hydrogen) atoms. The first-order valence-electron chi connectivity index (χ1n) is 5.61. The molecule has 0 unspecified atom stereocenters. The first-order valence-corrected chi connectivity index (χ1v) is 5.61. The molecule has 3 nitrogen and oxygen atoms in total. The Balaban J connectivity index is 3.05. The summed E-state index contributed by atoms with van der Waals surface area (Å²) >= 11 is 0. The van der Waals surface area contributed by atoms with Crippen LogP contribution in [0.5, 0.6) is 11.5 Å². The van der Waals surface area contributed by atoms with E-state index in [0.29, 0.717) is 0 Å². The van der Waals surface area contributed by atoms with Crippen molar-refractivity contribution in [2.75, 3.05) is 20.8 Å². The number of rotatable bonds is 6. The molecule has 1 rings (SSSR count). The van der Waals surface area contributed by atoms with E-state index in [1.165, 1.54) is 0 Å². The summed E-state index contributed by atoms with van der Waals surface area (Å²) in [7, 11) is 3.35. The molecule has 0 aliphatic rings. The maximum atomic E-state index is 8.85. The molecule has 1 N–H and O–H groups in total. The van der Waals surface area contributed by atoms with Crippen LogP contribution in [0.3, 0.4) is 0 Å². The lowest BCUT2D eigenvalue weighted by atomic mass is 10.0. The number of aryl methyl sites for hydroxylation is 2. The van der Waals surface area contributed by atoms with Crippen molar-refractivity contribution in [3.05, 3.63) is 23.3 Å².